The van der Waals surface area contributed by atoms with Gasteiger partial charge in [0.2, 0.25) is 0 Å². The first-order valence-corrected chi connectivity index (χ1v) is 11.1. The summed E-state index contributed by atoms with van der Waals surface area (Å²) in [4.78, 5) is 31.0. The monoisotopic (exact) mass is 454 g/mol. The Hall–Kier alpha value is -2.60. The maximum atomic E-state index is 13.6. The second-order valence-corrected chi connectivity index (χ2v) is 8.95. The average molecular weight is 455 g/mol. The molecule has 0 aliphatic carbocycles. The molecule has 0 atom stereocenters. The van der Waals surface area contributed by atoms with Gasteiger partial charge in [-0.1, -0.05) is 53.5 Å². The summed E-state index contributed by atoms with van der Waals surface area (Å²) in [5.41, 5.74) is 3.77. The smallest absolute Gasteiger partial charge is 0.282 e. The molecule has 150 valence electrons. The third-order valence-electron chi connectivity index (χ3n) is 5.44. The van der Waals surface area contributed by atoms with Crippen LogP contribution < -0.4 is 4.90 Å². The third-order valence-corrected chi connectivity index (χ3v) is 7.06. The van der Waals surface area contributed by atoms with Gasteiger partial charge in [0.25, 0.3) is 11.8 Å². The highest BCUT2D eigenvalue weighted by atomic mass is 35.5. The summed E-state index contributed by atoms with van der Waals surface area (Å²) < 4.78 is 0. The van der Waals surface area contributed by atoms with Crippen molar-refractivity contribution in [2.75, 3.05) is 11.4 Å². The highest BCUT2D eigenvalue weighted by Crippen LogP contribution is 2.39. The zero-order chi connectivity index (χ0) is 20.8. The van der Waals surface area contributed by atoms with Crippen LogP contribution >= 0.6 is 34.5 Å². The Morgan fingerprint density at radius 1 is 0.867 bits per heavy atom. The molecule has 5 rings (SSSR count). The number of fused-ring (bicyclic) bond motifs is 1. The van der Waals surface area contributed by atoms with Crippen LogP contribution in [0.3, 0.4) is 0 Å². The van der Waals surface area contributed by atoms with E-state index in [9.17, 15) is 9.59 Å². The van der Waals surface area contributed by atoms with Crippen LogP contribution in [-0.4, -0.2) is 23.3 Å². The number of carbonyl (C=O) groups is 2. The molecule has 3 aromatic rings. The van der Waals surface area contributed by atoms with Gasteiger partial charge in [-0.2, -0.15) is 0 Å². The van der Waals surface area contributed by atoms with Crippen LogP contribution in [0.25, 0.3) is 5.57 Å². The summed E-state index contributed by atoms with van der Waals surface area (Å²) in [5.74, 6) is -0.670. The number of benzene rings is 2. The summed E-state index contributed by atoms with van der Waals surface area (Å²) in [6, 6.07) is 16.8. The van der Waals surface area contributed by atoms with Crippen molar-refractivity contribution in [2.45, 2.75) is 13.0 Å². The molecule has 7 heteroatoms. The molecule has 0 saturated heterocycles. The molecule has 0 radical (unpaired) electrons. The predicted molar refractivity (Wildman–Crippen MR) is 121 cm³/mol. The maximum absolute atomic E-state index is 13.6. The summed E-state index contributed by atoms with van der Waals surface area (Å²) in [6.07, 6.45) is 0.825. The van der Waals surface area contributed by atoms with Crippen LogP contribution in [0.4, 0.5) is 5.69 Å². The molecule has 2 amide bonds. The molecule has 0 bridgehead atoms. The molecule has 0 N–H and O–H groups in total. The molecule has 0 saturated carbocycles. The highest BCUT2D eigenvalue weighted by molar-refractivity contribution is 7.11. The number of carbonyl (C=O) groups excluding carboxylic acids is 2. The molecule has 2 aliphatic rings. The van der Waals surface area contributed by atoms with E-state index in [4.69, 9.17) is 23.2 Å². The van der Waals surface area contributed by atoms with Gasteiger partial charge in [0.05, 0.1) is 21.3 Å². The van der Waals surface area contributed by atoms with E-state index < -0.39 is 0 Å². The largest absolute Gasteiger partial charge is 0.362 e. The molecule has 1 aromatic heterocycles. The van der Waals surface area contributed by atoms with Crippen molar-refractivity contribution in [3.05, 3.63) is 91.7 Å². The Balaban J connectivity index is 1.60. The molecule has 3 heterocycles. The van der Waals surface area contributed by atoms with Crippen molar-refractivity contribution in [2.24, 2.45) is 0 Å². The molecule has 2 aromatic carbocycles. The molecule has 30 heavy (non-hydrogen) atoms. The van der Waals surface area contributed by atoms with E-state index in [1.807, 2.05) is 34.5 Å². The lowest BCUT2D eigenvalue weighted by atomic mass is 9.99. The number of hydrogen-bond donors (Lipinski definition) is 0. The van der Waals surface area contributed by atoms with E-state index in [2.05, 4.69) is 12.1 Å². The fourth-order valence-electron chi connectivity index (χ4n) is 4.00. The standard InChI is InChI=1S/C23H16Cl2N2O2S/c24-17-8-7-16(12-18(17)25)27-22(28)20(19-6-3-11-30-19)21(23(27)29)26-10-9-14-4-1-2-5-15(14)13-26/h1-8,11-12H,9-10,13H2. The Morgan fingerprint density at radius 2 is 1.67 bits per heavy atom. The van der Waals surface area contributed by atoms with Crippen molar-refractivity contribution in [3.63, 3.8) is 0 Å². The van der Waals surface area contributed by atoms with Gasteiger partial charge in [0, 0.05) is 18.0 Å². The number of nitrogens with zero attached hydrogens (tertiary/aromatic N) is 2. The van der Waals surface area contributed by atoms with Crippen LogP contribution in [0.2, 0.25) is 10.0 Å². The van der Waals surface area contributed by atoms with Crippen LogP contribution in [0, 0.1) is 0 Å². The number of imide groups is 1. The van der Waals surface area contributed by atoms with Crippen molar-refractivity contribution < 1.29 is 9.59 Å². The van der Waals surface area contributed by atoms with Gasteiger partial charge in [-0.15, -0.1) is 11.3 Å². The minimum Gasteiger partial charge on any atom is -0.362 e. The summed E-state index contributed by atoms with van der Waals surface area (Å²) >= 11 is 13.6. The van der Waals surface area contributed by atoms with E-state index in [0.29, 0.717) is 40.1 Å². The molecular formula is C23H16Cl2N2O2S. The van der Waals surface area contributed by atoms with E-state index in [1.165, 1.54) is 27.4 Å². The molecule has 0 fully saturated rings. The number of hydrogen-bond acceptors (Lipinski definition) is 4. The summed E-state index contributed by atoms with van der Waals surface area (Å²) in [5, 5.41) is 2.58. The molecule has 0 unspecified atom stereocenters. The minimum absolute atomic E-state index is 0.299. The van der Waals surface area contributed by atoms with Gasteiger partial charge in [0.15, 0.2) is 0 Å². The first-order valence-electron chi connectivity index (χ1n) is 9.48. The Labute approximate surface area is 187 Å². The Kier molecular flexibility index (Phi) is 4.89. The first kappa shape index (κ1) is 19.4. The molecule has 0 spiro atoms. The van der Waals surface area contributed by atoms with Crippen molar-refractivity contribution in [1.82, 2.24) is 4.90 Å². The van der Waals surface area contributed by atoms with Crippen LogP contribution in [0.15, 0.2) is 65.7 Å². The summed E-state index contributed by atoms with van der Waals surface area (Å²) in [6.45, 7) is 1.27. The minimum atomic E-state index is -0.338. The van der Waals surface area contributed by atoms with Gasteiger partial charge in [0.1, 0.15) is 5.70 Å². The number of thiophene rings is 1. The average Bonchev–Trinajstić information content (AvgIpc) is 3.36. The molecule has 2 aliphatic heterocycles. The van der Waals surface area contributed by atoms with E-state index in [1.54, 1.807) is 18.2 Å². The number of halogens is 2. The zero-order valence-electron chi connectivity index (χ0n) is 15.8. The van der Waals surface area contributed by atoms with E-state index >= 15 is 0 Å². The van der Waals surface area contributed by atoms with E-state index in [0.717, 1.165) is 11.3 Å². The number of rotatable bonds is 3. The fraction of sp³-hybridized carbons (Fsp3) is 0.130. The molecular weight excluding hydrogens is 439 g/mol. The second kappa shape index (κ2) is 7.58. The van der Waals surface area contributed by atoms with Gasteiger partial charge in [-0.3, -0.25) is 9.59 Å². The first-order chi connectivity index (χ1) is 14.5. The highest BCUT2D eigenvalue weighted by Gasteiger charge is 2.43. The Bertz CT molecular complexity index is 1200. The van der Waals surface area contributed by atoms with Crippen LogP contribution in [-0.2, 0) is 22.6 Å². The van der Waals surface area contributed by atoms with E-state index in [-0.39, 0.29) is 11.8 Å². The predicted octanol–water partition coefficient (Wildman–Crippen LogP) is 5.40. The second-order valence-electron chi connectivity index (χ2n) is 7.19. The number of anilines is 1. The fourth-order valence-corrected chi connectivity index (χ4v) is 5.05. The van der Waals surface area contributed by atoms with Crippen molar-refractivity contribution in [3.8, 4) is 0 Å². The quantitative estimate of drug-likeness (QED) is 0.497. The van der Waals surface area contributed by atoms with Crippen LogP contribution in [0.5, 0.6) is 0 Å². The summed E-state index contributed by atoms with van der Waals surface area (Å²) in [7, 11) is 0. The van der Waals surface area contributed by atoms with Gasteiger partial charge >= 0.3 is 0 Å². The van der Waals surface area contributed by atoms with Crippen molar-refractivity contribution in [1.29, 1.82) is 0 Å². The van der Waals surface area contributed by atoms with Crippen molar-refractivity contribution >= 4 is 57.6 Å². The Morgan fingerprint density at radius 3 is 2.40 bits per heavy atom. The normalized spacial score (nSPS) is 16.5. The maximum Gasteiger partial charge on any atom is 0.282 e. The number of amides is 2. The lowest BCUT2D eigenvalue weighted by Crippen LogP contribution is -2.37. The third kappa shape index (κ3) is 3.14. The van der Waals surface area contributed by atoms with Gasteiger partial charge in [-0.25, -0.2) is 4.90 Å². The zero-order valence-corrected chi connectivity index (χ0v) is 18.1. The lowest BCUT2D eigenvalue weighted by molar-refractivity contribution is -0.120. The lowest BCUT2D eigenvalue weighted by Gasteiger charge is -2.31. The SMILES string of the molecule is O=C1C(c2cccs2)=C(N2CCc3ccccc3C2)C(=O)N1c1ccc(Cl)c(Cl)c1. The van der Waals surface area contributed by atoms with Crippen LogP contribution in [0.1, 0.15) is 16.0 Å². The topological polar surface area (TPSA) is 40.6 Å². The molecule has 4 nitrogen and oxygen atoms in total. The van der Waals surface area contributed by atoms with Gasteiger partial charge in [-0.05, 0) is 47.2 Å². The van der Waals surface area contributed by atoms with Gasteiger partial charge < -0.3 is 4.90 Å².